The Kier molecular flexibility index (Phi) is 6.49. The van der Waals surface area contributed by atoms with E-state index >= 15 is 0 Å². The van der Waals surface area contributed by atoms with E-state index in [1.807, 2.05) is 6.92 Å². The molecule has 1 aromatic heterocycles. The van der Waals surface area contributed by atoms with Crippen LogP contribution in [-0.2, 0) is 11.3 Å². The molecule has 8 heteroatoms. The number of carbonyl (C=O) groups is 2. The van der Waals surface area contributed by atoms with E-state index in [1.54, 1.807) is 12.1 Å². The molecule has 1 amide bonds. The number of hydrogen-bond acceptors (Lipinski definition) is 4. The van der Waals surface area contributed by atoms with E-state index < -0.39 is 28.8 Å². The second-order valence-electron chi connectivity index (χ2n) is 7.50. The molecule has 4 rings (SSSR count). The molecule has 0 saturated carbocycles. The van der Waals surface area contributed by atoms with Crippen LogP contribution in [0.3, 0.4) is 0 Å². The fourth-order valence-electron chi connectivity index (χ4n) is 3.58. The van der Waals surface area contributed by atoms with Gasteiger partial charge in [0.05, 0.1) is 17.7 Å². The molecule has 0 aliphatic carbocycles. The van der Waals surface area contributed by atoms with Crippen molar-refractivity contribution in [1.29, 1.82) is 0 Å². The van der Waals surface area contributed by atoms with Crippen LogP contribution >= 0.6 is 0 Å². The van der Waals surface area contributed by atoms with Gasteiger partial charge in [0.15, 0.2) is 5.78 Å². The Morgan fingerprint density at radius 3 is 2.29 bits per heavy atom. The standard InChI is InChI=1S/C26H20F2N2O4/c1-2-34-20-10-3-16(4-11-20)25(32)22-14-30(23-12-7-18(28)13-21(23)26(22)33)15-24(31)29-19-8-5-17(27)6-9-19/h3-14H,2,15H2,1H3,(H,29,31). The lowest BCUT2D eigenvalue weighted by Crippen LogP contribution is -2.24. The first-order valence-corrected chi connectivity index (χ1v) is 10.5. The number of hydrogen-bond donors (Lipinski definition) is 1. The number of fused-ring (bicyclic) bond motifs is 1. The SMILES string of the molecule is CCOc1ccc(C(=O)c2cn(CC(=O)Nc3ccc(F)cc3)c3ccc(F)cc3c2=O)cc1. The molecule has 1 N–H and O–H groups in total. The third-order valence-electron chi connectivity index (χ3n) is 5.16. The predicted octanol–water partition coefficient (Wildman–Crippen LogP) is 4.55. The fraction of sp³-hybridized carbons (Fsp3) is 0.115. The smallest absolute Gasteiger partial charge is 0.244 e. The normalized spacial score (nSPS) is 10.8. The summed E-state index contributed by atoms with van der Waals surface area (Å²) >= 11 is 0. The summed E-state index contributed by atoms with van der Waals surface area (Å²) in [5, 5.41) is 2.61. The van der Waals surface area contributed by atoms with Gasteiger partial charge >= 0.3 is 0 Å². The van der Waals surface area contributed by atoms with Crippen molar-refractivity contribution < 1.29 is 23.1 Å². The molecular weight excluding hydrogens is 442 g/mol. The van der Waals surface area contributed by atoms with E-state index in [2.05, 4.69) is 5.32 Å². The third kappa shape index (κ3) is 4.85. The summed E-state index contributed by atoms with van der Waals surface area (Å²) in [5.74, 6) is -1.54. The van der Waals surface area contributed by atoms with Gasteiger partial charge in [0.2, 0.25) is 11.3 Å². The van der Waals surface area contributed by atoms with Crippen LogP contribution in [0.4, 0.5) is 14.5 Å². The number of carbonyl (C=O) groups excluding carboxylic acids is 2. The van der Waals surface area contributed by atoms with Crippen molar-refractivity contribution in [2.45, 2.75) is 13.5 Å². The van der Waals surface area contributed by atoms with Gasteiger partial charge in [-0.1, -0.05) is 0 Å². The topological polar surface area (TPSA) is 77.4 Å². The number of rotatable bonds is 7. The number of aromatic nitrogens is 1. The highest BCUT2D eigenvalue weighted by Gasteiger charge is 2.19. The minimum absolute atomic E-state index is 0.0219. The molecule has 0 spiro atoms. The monoisotopic (exact) mass is 462 g/mol. The van der Waals surface area contributed by atoms with Crippen molar-refractivity contribution in [3.8, 4) is 5.75 Å². The summed E-state index contributed by atoms with van der Waals surface area (Å²) in [4.78, 5) is 38.8. The minimum atomic E-state index is -0.641. The first-order chi connectivity index (χ1) is 16.4. The Morgan fingerprint density at radius 1 is 0.941 bits per heavy atom. The number of nitrogens with zero attached hydrogens (tertiary/aromatic N) is 1. The largest absolute Gasteiger partial charge is 0.494 e. The average molecular weight is 462 g/mol. The van der Waals surface area contributed by atoms with Crippen molar-refractivity contribution in [2.75, 3.05) is 11.9 Å². The summed E-state index contributed by atoms with van der Waals surface area (Å²) in [7, 11) is 0. The quantitative estimate of drug-likeness (QED) is 0.409. The van der Waals surface area contributed by atoms with Crippen molar-refractivity contribution in [2.24, 2.45) is 0 Å². The molecule has 0 aliphatic rings. The zero-order chi connectivity index (χ0) is 24.2. The Labute approximate surface area is 193 Å². The van der Waals surface area contributed by atoms with Crippen molar-refractivity contribution in [3.63, 3.8) is 0 Å². The van der Waals surface area contributed by atoms with Gasteiger partial charge < -0.3 is 14.6 Å². The number of pyridine rings is 1. The maximum Gasteiger partial charge on any atom is 0.244 e. The Hall–Kier alpha value is -4.33. The van der Waals surface area contributed by atoms with Crippen LogP contribution in [0.25, 0.3) is 10.9 Å². The number of ether oxygens (including phenoxy) is 1. The molecule has 0 saturated heterocycles. The Morgan fingerprint density at radius 2 is 1.62 bits per heavy atom. The lowest BCUT2D eigenvalue weighted by atomic mass is 10.0. The van der Waals surface area contributed by atoms with Gasteiger partial charge in [-0.3, -0.25) is 14.4 Å². The second-order valence-corrected chi connectivity index (χ2v) is 7.50. The maximum absolute atomic E-state index is 13.9. The number of amides is 1. The van der Waals surface area contributed by atoms with E-state index in [-0.39, 0.29) is 23.1 Å². The van der Waals surface area contributed by atoms with Crippen molar-refractivity contribution in [3.05, 3.63) is 106 Å². The molecule has 0 radical (unpaired) electrons. The van der Waals surface area contributed by atoms with Crippen LogP contribution in [0.2, 0.25) is 0 Å². The van der Waals surface area contributed by atoms with Crippen LogP contribution in [0.1, 0.15) is 22.8 Å². The second kappa shape index (κ2) is 9.66. The average Bonchev–Trinajstić information content (AvgIpc) is 2.82. The first-order valence-electron chi connectivity index (χ1n) is 10.5. The molecule has 34 heavy (non-hydrogen) atoms. The van der Waals surface area contributed by atoms with Gasteiger partial charge in [-0.15, -0.1) is 0 Å². The highest BCUT2D eigenvalue weighted by molar-refractivity contribution is 6.10. The predicted molar refractivity (Wildman–Crippen MR) is 124 cm³/mol. The summed E-state index contributed by atoms with van der Waals surface area (Å²) in [6.07, 6.45) is 1.30. The number of nitrogens with one attached hydrogen (secondary N) is 1. The van der Waals surface area contributed by atoms with Gasteiger partial charge in [-0.05, 0) is 73.7 Å². The van der Waals surface area contributed by atoms with Crippen LogP contribution < -0.4 is 15.5 Å². The van der Waals surface area contributed by atoms with Crippen molar-refractivity contribution in [1.82, 2.24) is 4.57 Å². The van der Waals surface area contributed by atoms with E-state index in [9.17, 15) is 23.2 Å². The number of anilines is 1. The molecule has 0 unspecified atom stereocenters. The highest BCUT2D eigenvalue weighted by Crippen LogP contribution is 2.18. The molecule has 3 aromatic carbocycles. The maximum atomic E-state index is 13.9. The highest BCUT2D eigenvalue weighted by atomic mass is 19.1. The van der Waals surface area contributed by atoms with Crippen molar-refractivity contribution >= 4 is 28.3 Å². The Balaban J connectivity index is 1.72. The number of benzene rings is 3. The number of ketones is 1. The van der Waals surface area contributed by atoms with E-state index in [4.69, 9.17) is 4.74 Å². The van der Waals surface area contributed by atoms with Crippen LogP contribution in [0.5, 0.6) is 5.75 Å². The van der Waals surface area contributed by atoms with Gasteiger partial charge in [0, 0.05) is 22.8 Å². The summed E-state index contributed by atoms with van der Waals surface area (Å²) < 4.78 is 33.9. The molecule has 4 aromatic rings. The molecule has 0 aliphatic heterocycles. The molecule has 1 heterocycles. The van der Waals surface area contributed by atoms with Gasteiger partial charge in [0.25, 0.3) is 0 Å². The lowest BCUT2D eigenvalue weighted by molar-refractivity contribution is -0.116. The van der Waals surface area contributed by atoms with E-state index in [0.29, 0.717) is 23.6 Å². The molecule has 172 valence electrons. The van der Waals surface area contributed by atoms with Crippen LogP contribution in [0.15, 0.2) is 77.7 Å². The zero-order valence-corrected chi connectivity index (χ0v) is 18.2. The fourth-order valence-corrected chi connectivity index (χ4v) is 3.58. The molecular formula is C26H20F2N2O4. The van der Waals surface area contributed by atoms with Gasteiger partial charge in [0.1, 0.15) is 23.9 Å². The van der Waals surface area contributed by atoms with Gasteiger partial charge in [-0.25, -0.2) is 8.78 Å². The number of halogens is 2. The van der Waals surface area contributed by atoms with Gasteiger partial charge in [-0.2, -0.15) is 0 Å². The molecule has 0 fully saturated rings. The molecule has 0 bridgehead atoms. The summed E-state index contributed by atoms with van der Waals surface area (Å²) in [5.41, 5.74) is 0.0939. The van der Waals surface area contributed by atoms with E-state index in [1.165, 1.54) is 59.3 Å². The zero-order valence-electron chi connectivity index (χ0n) is 18.2. The molecule has 0 atom stereocenters. The summed E-state index contributed by atoms with van der Waals surface area (Å²) in [6.45, 7) is 2.04. The van der Waals surface area contributed by atoms with Crippen LogP contribution in [-0.4, -0.2) is 22.9 Å². The minimum Gasteiger partial charge on any atom is -0.494 e. The van der Waals surface area contributed by atoms with Crippen LogP contribution in [0, 0.1) is 11.6 Å². The molecule has 6 nitrogen and oxygen atoms in total. The Bertz CT molecular complexity index is 1430. The lowest BCUT2D eigenvalue weighted by Gasteiger charge is -2.14. The summed E-state index contributed by atoms with van der Waals surface area (Å²) in [6, 6.07) is 15.1. The first kappa shape index (κ1) is 22.8. The third-order valence-corrected chi connectivity index (χ3v) is 5.16. The van der Waals surface area contributed by atoms with E-state index in [0.717, 1.165) is 6.07 Å².